The molecule has 15 heavy (non-hydrogen) atoms. The zero-order valence-corrected chi connectivity index (χ0v) is 7.69. The van der Waals surface area contributed by atoms with E-state index < -0.39 is 0 Å². The predicted molar refractivity (Wildman–Crippen MR) is 51.9 cm³/mol. The highest BCUT2D eigenvalue weighted by Gasteiger charge is 1.98. The summed E-state index contributed by atoms with van der Waals surface area (Å²) in [5.41, 5.74) is 10.4. The van der Waals surface area contributed by atoms with Crippen LogP contribution < -0.4 is 16.4 Å². The maximum Gasteiger partial charge on any atom is 0.192 e. The standard InChI is InChI=1S/C7H9N7O/c8-7(9)11-6-2-5-14(12-6)15-13-4-1-3-10-13/h1-5H,(H4,8,9,11,12). The van der Waals surface area contributed by atoms with E-state index in [0.29, 0.717) is 5.82 Å². The second kappa shape index (κ2) is 3.70. The van der Waals surface area contributed by atoms with Gasteiger partial charge in [0.05, 0.1) is 18.6 Å². The molecule has 2 aromatic heterocycles. The quantitative estimate of drug-likeness (QED) is 0.489. The van der Waals surface area contributed by atoms with E-state index in [1.165, 1.54) is 9.69 Å². The molecule has 0 amide bonds. The molecule has 8 heteroatoms. The molecule has 0 saturated carbocycles. The van der Waals surface area contributed by atoms with Gasteiger partial charge in [-0.1, -0.05) is 9.69 Å². The molecule has 0 atom stereocenters. The third-order valence-electron chi connectivity index (χ3n) is 1.44. The molecule has 0 aliphatic carbocycles. The van der Waals surface area contributed by atoms with Crippen LogP contribution in [0, 0.1) is 0 Å². The molecule has 8 nitrogen and oxygen atoms in total. The molecule has 0 aromatic carbocycles. The summed E-state index contributed by atoms with van der Waals surface area (Å²) < 4.78 is 0. The fourth-order valence-electron chi connectivity index (χ4n) is 0.924. The number of aliphatic imine (C=N–C) groups is 1. The van der Waals surface area contributed by atoms with E-state index in [1.807, 2.05) is 0 Å². The molecule has 2 rings (SSSR count). The lowest BCUT2D eigenvalue weighted by Gasteiger charge is -2.00. The lowest BCUT2D eigenvalue weighted by molar-refractivity contribution is -0.00874. The number of nitrogens with two attached hydrogens (primary N) is 2. The smallest absolute Gasteiger partial charge is 0.192 e. The minimum atomic E-state index is -0.0562. The SMILES string of the molecule is NC(N)=Nc1ccn(On2cccn2)n1. The van der Waals surface area contributed by atoms with Gasteiger partial charge in [0.1, 0.15) is 0 Å². The van der Waals surface area contributed by atoms with Gasteiger partial charge >= 0.3 is 0 Å². The summed E-state index contributed by atoms with van der Waals surface area (Å²) >= 11 is 0. The molecule has 0 unspecified atom stereocenters. The van der Waals surface area contributed by atoms with Crippen molar-refractivity contribution in [2.75, 3.05) is 0 Å². The van der Waals surface area contributed by atoms with Gasteiger partial charge in [-0.2, -0.15) is 4.99 Å². The molecule has 0 aliphatic rings. The van der Waals surface area contributed by atoms with Crippen LogP contribution in [0.5, 0.6) is 0 Å². The topological polar surface area (TPSA) is 109 Å². The van der Waals surface area contributed by atoms with Crippen molar-refractivity contribution in [2.24, 2.45) is 16.5 Å². The molecule has 2 heterocycles. The van der Waals surface area contributed by atoms with Crippen LogP contribution in [0.2, 0.25) is 0 Å². The summed E-state index contributed by atoms with van der Waals surface area (Å²) in [6, 6.07) is 3.32. The highest BCUT2D eigenvalue weighted by Crippen LogP contribution is 2.04. The molecular weight excluding hydrogens is 198 g/mol. The van der Waals surface area contributed by atoms with Crippen LogP contribution in [-0.2, 0) is 0 Å². The van der Waals surface area contributed by atoms with Gasteiger partial charge in [0.2, 0.25) is 0 Å². The van der Waals surface area contributed by atoms with Gasteiger partial charge in [-0.3, -0.25) is 0 Å². The number of hydrogen-bond donors (Lipinski definition) is 2. The summed E-state index contributed by atoms with van der Waals surface area (Å²) in [6.45, 7) is 0. The fourth-order valence-corrected chi connectivity index (χ4v) is 0.924. The van der Waals surface area contributed by atoms with E-state index >= 15 is 0 Å². The van der Waals surface area contributed by atoms with Crippen molar-refractivity contribution >= 4 is 11.8 Å². The van der Waals surface area contributed by atoms with Crippen molar-refractivity contribution in [3.63, 3.8) is 0 Å². The fraction of sp³-hybridized carbons (Fsp3) is 0. The molecule has 4 N–H and O–H groups in total. The highest BCUT2D eigenvalue weighted by molar-refractivity contribution is 5.78. The lowest BCUT2D eigenvalue weighted by atomic mass is 10.6. The van der Waals surface area contributed by atoms with Crippen molar-refractivity contribution < 1.29 is 4.94 Å². The predicted octanol–water partition coefficient (Wildman–Crippen LogP) is -1.12. The van der Waals surface area contributed by atoms with Gasteiger partial charge in [0.15, 0.2) is 11.8 Å². The Morgan fingerprint density at radius 1 is 1.33 bits per heavy atom. The number of guanidine groups is 1. The van der Waals surface area contributed by atoms with Gasteiger partial charge in [-0.05, 0) is 6.07 Å². The number of aromatic nitrogens is 4. The Bertz CT molecular complexity index is 453. The third-order valence-corrected chi connectivity index (χ3v) is 1.44. The van der Waals surface area contributed by atoms with Crippen molar-refractivity contribution in [2.45, 2.75) is 0 Å². The van der Waals surface area contributed by atoms with E-state index in [9.17, 15) is 0 Å². The Morgan fingerprint density at radius 3 is 2.87 bits per heavy atom. The van der Waals surface area contributed by atoms with Gasteiger partial charge in [-0.15, -0.1) is 10.2 Å². The Balaban J connectivity index is 2.11. The summed E-state index contributed by atoms with van der Waals surface area (Å²) in [5.74, 6) is 0.307. The zero-order chi connectivity index (χ0) is 10.7. The maximum atomic E-state index is 5.19. The molecule has 0 radical (unpaired) electrons. The van der Waals surface area contributed by atoms with E-state index in [1.54, 1.807) is 30.7 Å². The van der Waals surface area contributed by atoms with Crippen LogP contribution >= 0.6 is 0 Å². The van der Waals surface area contributed by atoms with Crippen LogP contribution in [0.3, 0.4) is 0 Å². The van der Waals surface area contributed by atoms with Gasteiger partial charge < -0.3 is 11.5 Å². The summed E-state index contributed by atoms with van der Waals surface area (Å²) in [4.78, 5) is 11.3. The number of rotatable bonds is 3. The third kappa shape index (κ3) is 2.24. The van der Waals surface area contributed by atoms with Crippen LogP contribution in [0.1, 0.15) is 0 Å². The van der Waals surface area contributed by atoms with Crippen molar-refractivity contribution in [1.82, 2.24) is 19.9 Å². The first-order valence-corrected chi connectivity index (χ1v) is 4.08. The first-order valence-electron chi connectivity index (χ1n) is 4.08. The minimum Gasteiger partial charge on any atom is -0.370 e. The zero-order valence-electron chi connectivity index (χ0n) is 7.69. The van der Waals surface area contributed by atoms with E-state index in [2.05, 4.69) is 15.2 Å². The van der Waals surface area contributed by atoms with Crippen LogP contribution in [0.4, 0.5) is 5.82 Å². The molecule has 0 aliphatic heterocycles. The number of nitrogens with zero attached hydrogens (tertiary/aromatic N) is 5. The van der Waals surface area contributed by atoms with Gasteiger partial charge in [0, 0.05) is 6.07 Å². The first-order chi connectivity index (χ1) is 7.24. The van der Waals surface area contributed by atoms with Crippen molar-refractivity contribution in [3.05, 3.63) is 30.7 Å². The second-order valence-electron chi connectivity index (χ2n) is 2.60. The normalized spacial score (nSPS) is 9.87. The molecule has 0 saturated heterocycles. The van der Waals surface area contributed by atoms with Crippen LogP contribution in [-0.4, -0.2) is 25.8 Å². The van der Waals surface area contributed by atoms with Gasteiger partial charge in [-0.25, -0.2) is 4.94 Å². The van der Waals surface area contributed by atoms with E-state index in [0.717, 1.165) is 0 Å². The second-order valence-corrected chi connectivity index (χ2v) is 2.60. The highest BCUT2D eigenvalue weighted by atomic mass is 16.8. The minimum absolute atomic E-state index is 0.0562. The molecule has 2 aromatic rings. The Hall–Kier alpha value is -2.51. The largest absolute Gasteiger partial charge is 0.370 e. The molecule has 0 spiro atoms. The molecule has 0 bridgehead atoms. The maximum absolute atomic E-state index is 5.19. The first kappa shape index (κ1) is 9.06. The Morgan fingerprint density at radius 2 is 2.20 bits per heavy atom. The van der Waals surface area contributed by atoms with Crippen molar-refractivity contribution in [3.8, 4) is 0 Å². The monoisotopic (exact) mass is 207 g/mol. The van der Waals surface area contributed by atoms with E-state index in [4.69, 9.17) is 16.4 Å². The van der Waals surface area contributed by atoms with Crippen molar-refractivity contribution in [1.29, 1.82) is 0 Å². The number of hydrogen-bond acceptors (Lipinski definition) is 4. The van der Waals surface area contributed by atoms with E-state index in [-0.39, 0.29) is 5.96 Å². The Kier molecular flexibility index (Phi) is 2.23. The average molecular weight is 207 g/mol. The lowest BCUT2D eigenvalue weighted by Crippen LogP contribution is -2.22. The average Bonchev–Trinajstić information content (AvgIpc) is 2.77. The van der Waals surface area contributed by atoms with Crippen LogP contribution in [0.15, 0.2) is 35.7 Å². The van der Waals surface area contributed by atoms with Gasteiger partial charge in [0.25, 0.3) is 0 Å². The summed E-state index contributed by atoms with van der Waals surface area (Å²) in [6.07, 6.45) is 4.77. The summed E-state index contributed by atoms with van der Waals surface area (Å²) in [5, 5.41) is 7.74. The van der Waals surface area contributed by atoms with Crippen LogP contribution in [0.25, 0.3) is 0 Å². The molecule has 0 fully saturated rings. The molecular formula is C7H9N7O. The Labute approximate surface area is 84.7 Å². The molecule has 78 valence electrons. The summed E-state index contributed by atoms with van der Waals surface area (Å²) in [7, 11) is 0.